The van der Waals surface area contributed by atoms with Crippen LogP contribution in [0.25, 0.3) is 0 Å². The van der Waals surface area contributed by atoms with Crippen molar-refractivity contribution < 1.29 is 9.53 Å². The molecule has 0 aliphatic carbocycles. The molecule has 1 aromatic heterocycles. The molecule has 2 unspecified atom stereocenters. The van der Waals surface area contributed by atoms with E-state index in [1.807, 2.05) is 6.92 Å². The van der Waals surface area contributed by atoms with E-state index in [-0.39, 0.29) is 12.1 Å². The summed E-state index contributed by atoms with van der Waals surface area (Å²) in [7, 11) is 0. The molecule has 0 aromatic carbocycles. The first-order chi connectivity index (χ1) is 8.56. The van der Waals surface area contributed by atoms with Crippen molar-refractivity contribution in [3.63, 3.8) is 0 Å². The molecule has 6 heteroatoms. The van der Waals surface area contributed by atoms with Crippen molar-refractivity contribution in [2.75, 3.05) is 17.7 Å². The number of pyridine rings is 1. The van der Waals surface area contributed by atoms with E-state index in [0.29, 0.717) is 23.7 Å². The van der Waals surface area contributed by atoms with Crippen LogP contribution in [0.5, 0.6) is 0 Å². The van der Waals surface area contributed by atoms with Gasteiger partial charge in [0.15, 0.2) is 0 Å². The van der Waals surface area contributed by atoms with Gasteiger partial charge in [-0.3, -0.25) is 4.79 Å². The largest absolute Gasteiger partial charge is 0.397 e. The van der Waals surface area contributed by atoms with Crippen LogP contribution in [-0.2, 0) is 4.74 Å². The molecule has 98 valence electrons. The van der Waals surface area contributed by atoms with Crippen molar-refractivity contribution in [2.45, 2.75) is 31.9 Å². The number of hydrogen-bond acceptors (Lipinski definition) is 5. The molecule has 0 bridgehead atoms. The highest BCUT2D eigenvalue weighted by molar-refractivity contribution is 5.98. The number of carbonyl (C=O) groups is 1. The molecule has 0 saturated carbocycles. The van der Waals surface area contributed by atoms with Crippen LogP contribution in [0.15, 0.2) is 12.3 Å². The fourth-order valence-electron chi connectivity index (χ4n) is 2.11. The third-order valence-corrected chi connectivity index (χ3v) is 3.00. The lowest BCUT2D eigenvalue weighted by atomic mass is 10.0. The van der Waals surface area contributed by atoms with Crippen LogP contribution in [0, 0.1) is 0 Å². The van der Waals surface area contributed by atoms with Crippen LogP contribution in [0.4, 0.5) is 11.5 Å². The fraction of sp³-hybridized carbons (Fsp3) is 0.500. The van der Waals surface area contributed by atoms with Gasteiger partial charge in [-0.15, -0.1) is 0 Å². The Morgan fingerprint density at radius 2 is 2.39 bits per heavy atom. The Morgan fingerprint density at radius 1 is 1.61 bits per heavy atom. The summed E-state index contributed by atoms with van der Waals surface area (Å²) in [6.07, 6.45) is 3.48. The molecule has 2 heterocycles. The lowest BCUT2D eigenvalue weighted by molar-refractivity contribution is 0.0232. The third kappa shape index (κ3) is 2.89. The monoisotopic (exact) mass is 250 g/mol. The van der Waals surface area contributed by atoms with Gasteiger partial charge in [0.1, 0.15) is 5.82 Å². The Hall–Kier alpha value is -1.82. The van der Waals surface area contributed by atoms with E-state index >= 15 is 0 Å². The third-order valence-electron chi connectivity index (χ3n) is 3.00. The summed E-state index contributed by atoms with van der Waals surface area (Å²) >= 11 is 0. The number of hydrogen-bond donors (Lipinski definition) is 3. The predicted octanol–water partition coefficient (Wildman–Crippen LogP) is 0.742. The minimum absolute atomic E-state index is 0.210. The number of nitrogens with zero attached hydrogens (tertiary/aromatic N) is 1. The quantitative estimate of drug-likeness (QED) is 0.734. The summed E-state index contributed by atoms with van der Waals surface area (Å²) in [5.74, 6) is -0.0341. The van der Waals surface area contributed by atoms with Gasteiger partial charge >= 0.3 is 0 Å². The smallest absolute Gasteiger partial charge is 0.252 e. The molecule has 5 N–H and O–H groups in total. The van der Waals surface area contributed by atoms with Crippen LogP contribution in [0.3, 0.4) is 0 Å². The van der Waals surface area contributed by atoms with Gasteiger partial charge in [-0.1, -0.05) is 0 Å². The van der Waals surface area contributed by atoms with Crippen molar-refractivity contribution in [1.29, 1.82) is 0 Å². The first-order valence-corrected chi connectivity index (χ1v) is 5.99. The maximum Gasteiger partial charge on any atom is 0.252 e. The molecule has 1 aromatic rings. The normalized spacial score (nSPS) is 23.6. The number of aromatic nitrogens is 1. The zero-order valence-electron chi connectivity index (χ0n) is 10.3. The zero-order valence-corrected chi connectivity index (χ0v) is 10.3. The molecular weight excluding hydrogens is 232 g/mol. The number of carbonyl (C=O) groups excluding carboxylic acids is 1. The first-order valence-electron chi connectivity index (χ1n) is 5.99. The highest BCUT2D eigenvalue weighted by Crippen LogP contribution is 2.21. The Balaban J connectivity index is 2.15. The second-order valence-electron chi connectivity index (χ2n) is 4.58. The lowest BCUT2D eigenvalue weighted by Crippen LogP contribution is -2.33. The topological polar surface area (TPSA) is 103 Å². The molecule has 6 nitrogen and oxygen atoms in total. The molecular formula is C12H18N4O2. The predicted molar refractivity (Wildman–Crippen MR) is 69.2 cm³/mol. The molecule has 1 aliphatic heterocycles. The molecule has 1 fully saturated rings. The summed E-state index contributed by atoms with van der Waals surface area (Å²) in [4.78, 5) is 15.5. The number of rotatable bonds is 3. The Morgan fingerprint density at radius 3 is 3.06 bits per heavy atom. The Kier molecular flexibility index (Phi) is 3.66. The number of nitrogens with one attached hydrogen (secondary N) is 1. The summed E-state index contributed by atoms with van der Waals surface area (Å²) in [6.45, 7) is 2.74. The first kappa shape index (κ1) is 12.6. The number of ether oxygens (including phenoxy) is 1. The van der Waals surface area contributed by atoms with Crippen molar-refractivity contribution in [3.05, 3.63) is 17.8 Å². The molecule has 2 atom stereocenters. The minimum atomic E-state index is -0.530. The van der Waals surface area contributed by atoms with Crippen molar-refractivity contribution in [3.8, 4) is 0 Å². The van der Waals surface area contributed by atoms with Gasteiger partial charge in [0.05, 0.1) is 23.6 Å². The maximum absolute atomic E-state index is 11.3. The van der Waals surface area contributed by atoms with Gasteiger partial charge in [-0.25, -0.2) is 4.98 Å². The molecule has 18 heavy (non-hydrogen) atoms. The van der Waals surface area contributed by atoms with Crippen LogP contribution in [-0.4, -0.2) is 29.6 Å². The van der Waals surface area contributed by atoms with E-state index < -0.39 is 5.91 Å². The highest BCUT2D eigenvalue weighted by Gasteiger charge is 2.21. The number of primary amides is 1. The van der Waals surface area contributed by atoms with Gasteiger partial charge in [-0.2, -0.15) is 0 Å². The van der Waals surface area contributed by atoms with Crippen LogP contribution in [0.2, 0.25) is 0 Å². The van der Waals surface area contributed by atoms with Gasteiger partial charge in [0.25, 0.3) is 5.91 Å². The van der Waals surface area contributed by atoms with E-state index in [1.54, 1.807) is 6.07 Å². The molecule has 0 spiro atoms. The molecule has 1 amide bonds. The average molecular weight is 250 g/mol. The SMILES string of the molecule is CC1CC(Nc2ncc(N)cc2C(N)=O)CCO1. The second-order valence-corrected chi connectivity index (χ2v) is 4.58. The second kappa shape index (κ2) is 5.22. The molecule has 1 saturated heterocycles. The number of anilines is 2. The summed E-state index contributed by atoms with van der Waals surface area (Å²) in [6, 6.07) is 1.78. The molecule has 2 rings (SSSR count). The summed E-state index contributed by atoms with van der Waals surface area (Å²) < 4.78 is 5.47. The van der Waals surface area contributed by atoms with E-state index in [4.69, 9.17) is 16.2 Å². The van der Waals surface area contributed by atoms with Crippen LogP contribution >= 0.6 is 0 Å². The Labute approximate surface area is 106 Å². The Bertz CT molecular complexity index is 450. The van der Waals surface area contributed by atoms with Crippen LogP contribution < -0.4 is 16.8 Å². The number of amides is 1. The summed E-state index contributed by atoms with van der Waals surface area (Å²) in [5.41, 5.74) is 11.7. The maximum atomic E-state index is 11.3. The highest BCUT2D eigenvalue weighted by atomic mass is 16.5. The van der Waals surface area contributed by atoms with E-state index in [2.05, 4.69) is 10.3 Å². The molecule has 1 aliphatic rings. The average Bonchev–Trinajstić information content (AvgIpc) is 2.31. The fourth-order valence-corrected chi connectivity index (χ4v) is 2.11. The van der Waals surface area contributed by atoms with Crippen molar-refractivity contribution >= 4 is 17.4 Å². The van der Waals surface area contributed by atoms with E-state index in [0.717, 1.165) is 12.8 Å². The molecule has 0 radical (unpaired) electrons. The minimum Gasteiger partial charge on any atom is -0.397 e. The van der Waals surface area contributed by atoms with Gasteiger partial charge < -0.3 is 21.5 Å². The van der Waals surface area contributed by atoms with E-state index in [9.17, 15) is 4.79 Å². The van der Waals surface area contributed by atoms with Crippen LogP contribution in [0.1, 0.15) is 30.1 Å². The zero-order chi connectivity index (χ0) is 13.1. The van der Waals surface area contributed by atoms with Gasteiger partial charge in [0, 0.05) is 12.6 Å². The van der Waals surface area contributed by atoms with Crippen molar-refractivity contribution in [2.24, 2.45) is 5.73 Å². The van der Waals surface area contributed by atoms with Gasteiger partial charge in [0.2, 0.25) is 0 Å². The number of nitrogens with two attached hydrogens (primary N) is 2. The lowest BCUT2D eigenvalue weighted by Gasteiger charge is -2.28. The van der Waals surface area contributed by atoms with E-state index in [1.165, 1.54) is 6.20 Å². The summed E-state index contributed by atoms with van der Waals surface area (Å²) in [5, 5.41) is 3.24. The standard InChI is InChI=1S/C12H18N4O2/c1-7-4-9(2-3-18-7)16-12-10(11(14)17)5-8(13)6-15-12/h5-7,9H,2-4,13H2,1H3,(H2,14,17)(H,15,16). The van der Waals surface area contributed by atoms with Crippen molar-refractivity contribution in [1.82, 2.24) is 4.98 Å². The van der Waals surface area contributed by atoms with Gasteiger partial charge in [-0.05, 0) is 25.8 Å². The number of nitrogen functional groups attached to an aromatic ring is 1.